The second kappa shape index (κ2) is 3.60. The fourth-order valence-electron chi connectivity index (χ4n) is 1.22. The zero-order valence-electron chi connectivity index (χ0n) is 7.12. The molecule has 0 saturated carbocycles. The molecule has 2 rings (SSSR count). The third-order valence-corrected chi connectivity index (χ3v) is 3.15. The van der Waals surface area contributed by atoms with Gasteiger partial charge in [0.15, 0.2) is 0 Å². The fourth-order valence-corrected chi connectivity index (χ4v) is 2.43. The number of nitrogens with zero attached hydrogens (tertiary/aromatic N) is 1. The van der Waals surface area contributed by atoms with Crippen LogP contribution in [0.3, 0.4) is 0 Å². The van der Waals surface area contributed by atoms with E-state index in [1.807, 2.05) is 17.6 Å². The number of aryl methyl sites for hydroxylation is 1. The molecule has 1 aromatic carbocycles. The van der Waals surface area contributed by atoms with Gasteiger partial charge in [0.05, 0.1) is 0 Å². The predicted molar refractivity (Wildman–Crippen MR) is 60.0 cm³/mol. The Morgan fingerprint density at radius 1 is 1.38 bits per heavy atom. The van der Waals surface area contributed by atoms with Crippen LogP contribution in [0.1, 0.15) is 5.56 Å². The second-order valence-electron chi connectivity index (χ2n) is 2.80. The number of thiazole rings is 1. The van der Waals surface area contributed by atoms with E-state index in [1.165, 1.54) is 11.1 Å². The highest BCUT2D eigenvalue weighted by Crippen LogP contribution is 2.27. The largest absolute Gasteiger partial charge is 0.245 e. The van der Waals surface area contributed by atoms with Gasteiger partial charge in [0.25, 0.3) is 0 Å². The molecular weight excluding hydrogens is 246 g/mol. The summed E-state index contributed by atoms with van der Waals surface area (Å²) in [5.41, 5.74) is 2.47. The highest BCUT2D eigenvalue weighted by Gasteiger charge is 2.03. The standard InChI is InChI=1S/C10H8BrNS/c1-7-6-8(11)2-3-9(7)10-12-4-5-13-10/h2-6H,1H3. The molecule has 0 radical (unpaired) electrons. The molecule has 13 heavy (non-hydrogen) atoms. The molecule has 1 aromatic heterocycles. The Morgan fingerprint density at radius 3 is 2.85 bits per heavy atom. The van der Waals surface area contributed by atoms with E-state index in [2.05, 4.69) is 40.0 Å². The van der Waals surface area contributed by atoms with Crippen LogP contribution >= 0.6 is 27.3 Å². The number of hydrogen-bond donors (Lipinski definition) is 0. The number of rotatable bonds is 1. The molecule has 66 valence electrons. The monoisotopic (exact) mass is 253 g/mol. The van der Waals surface area contributed by atoms with E-state index in [0.717, 1.165) is 9.48 Å². The predicted octanol–water partition coefficient (Wildman–Crippen LogP) is 3.88. The summed E-state index contributed by atoms with van der Waals surface area (Å²) in [5, 5.41) is 3.08. The van der Waals surface area contributed by atoms with Crippen LogP contribution in [0.5, 0.6) is 0 Å². The summed E-state index contributed by atoms with van der Waals surface area (Å²) in [5.74, 6) is 0. The van der Waals surface area contributed by atoms with Crippen molar-refractivity contribution >= 4 is 27.3 Å². The first-order chi connectivity index (χ1) is 6.27. The quantitative estimate of drug-likeness (QED) is 0.752. The van der Waals surface area contributed by atoms with Gasteiger partial charge in [-0.1, -0.05) is 22.0 Å². The molecule has 1 nitrogen and oxygen atoms in total. The van der Waals surface area contributed by atoms with Gasteiger partial charge in [-0.3, -0.25) is 0 Å². The summed E-state index contributed by atoms with van der Waals surface area (Å²) in [6.07, 6.45) is 1.83. The van der Waals surface area contributed by atoms with Gasteiger partial charge in [-0.25, -0.2) is 4.98 Å². The Labute approximate surface area is 89.6 Å². The van der Waals surface area contributed by atoms with Gasteiger partial charge in [0, 0.05) is 21.6 Å². The third-order valence-electron chi connectivity index (χ3n) is 1.85. The van der Waals surface area contributed by atoms with Crippen LogP contribution in [0, 0.1) is 6.92 Å². The van der Waals surface area contributed by atoms with Crippen LogP contribution in [0.15, 0.2) is 34.2 Å². The molecule has 0 atom stereocenters. The number of aromatic nitrogens is 1. The van der Waals surface area contributed by atoms with Gasteiger partial charge >= 0.3 is 0 Å². The molecule has 0 unspecified atom stereocenters. The lowest BCUT2D eigenvalue weighted by Gasteiger charge is -2.01. The molecule has 2 aromatic rings. The number of hydrogen-bond acceptors (Lipinski definition) is 2. The maximum atomic E-state index is 4.28. The normalized spacial score (nSPS) is 10.3. The minimum absolute atomic E-state index is 1.09. The maximum absolute atomic E-state index is 4.28. The van der Waals surface area contributed by atoms with Gasteiger partial charge in [0.2, 0.25) is 0 Å². The minimum Gasteiger partial charge on any atom is -0.245 e. The van der Waals surface area contributed by atoms with E-state index in [0.29, 0.717) is 0 Å². The summed E-state index contributed by atoms with van der Waals surface area (Å²) in [7, 11) is 0. The van der Waals surface area contributed by atoms with Crippen LogP contribution in [-0.2, 0) is 0 Å². The highest BCUT2D eigenvalue weighted by atomic mass is 79.9. The lowest BCUT2D eigenvalue weighted by atomic mass is 10.1. The smallest absolute Gasteiger partial charge is 0.123 e. The van der Waals surface area contributed by atoms with Crippen molar-refractivity contribution in [2.24, 2.45) is 0 Å². The van der Waals surface area contributed by atoms with E-state index in [9.17, 15) is 0 Å². The molecule has 0 aliphatic carbocycles. The number of halogens is 1. The number of benzene rings is 1. The van der Waals surface area contributed by atoms with Crippen molar-refractivity contribution in [1.82, 2.24) is 4.98 Å². The molecule has 0 spiro atoms. The van der Waals surface area contributed by atoms with E-state index in [1.54, 1.807) is 11.3 Å². The second-order valence-corrected chi connectivity index (χ2v) is 4.61. The van der Waals surface area contributed by atoms with Gasteiger partial charge in [-0.2, -0.15) is 0 Å². The molecule has 0 fully saturated rings. The van der Waals surface area contributed by atoms with E-state index >= 15 is 0 Å². The summed E-state index contributed by atoms with van der Waals surface area (Å²) in [6, 6.07) is 6.25. The SMILES string of the molecule is Cc1cc(Br)ccc1-c1nccs1. The lowest BCUT2D eigenvalue weighted by Crippen LogP contribution is -1.81. The fraction of sp³-hybridized carbons (Fsp3) is 0.100. The Kier molecular flexibility index (Phi) is 2.47. The van der Waals surface area contributed by atoms with E-state index < -0.39 is 0 Å². The Bertz CT molecular complexity index is 409. The van der Waals surface area contributed by atoms with Gasteiger partial charge in [-0.15, -0.1) is 11.3 Å². The van der Waals surface area contributed by atoms with Crippen molar-refractivity contribution in [2.75, 3.05) is 0 Å². The molecule has 3 heteroatoms. The molecule has 0 N–H and O–H groups in total. The van der Waals surface area contributed by atoms with Gasteiger partial charge < -0.3 is 0 Å². The summed E-state index contributed by atoms with van der Waals surface area (Å²) < 4.78 is 1.12. The molecule has 0 aliphatic heterocycles. The maximum Gasteiger partial charge on any atom is 0.123 e. The van der Waals surface area contributed by atoms with Gasteiger partial charge in [0.1, 0.15) is 5.01 Å². The van der Waals surface area contributed by atoms with Crippen molar-refractivity contribution < 1.29 is 0 Å². The topological polar surface area (TPSA) is 12.9 Å². The first-order valence-electron chi connectivity index (χ1n) is 3.93. The van der Waals surface area contributed by atoms with Crippen LogP contribution in [-0.4, -0.2) is 4.98 Å². The molecule has 0 saturated heterocycles. The Hall–Kier alpha value is -0.670. The molecule has 0 bridgehead atoms. The molecule has 0 amide bonds. The van der Waals surface area contributed by atoms with E-state index in [4.69, 9.17) is 0 Å². The molecular formula is C10H8BrNS. The van der Waals surface area contributed by atoms with Crippen LogP contribution < -0.4 is 0 Å². The minimum atomic E-state index is 1.09. The van der Waals surface area contributed by atoms with Crippen molar-refractivity contribution in [1.29, 1.82) is 0 Å². The van der Waals surface area contributed by atoms with Crippen molar-refractivity contribution in [3.63, 3.8) is 0 Å². The van der Waals surface area contributed by atoms with Crippen molar-refractivity contribution in [3.8, 4) is 10.6 Å². The zero-order valence-corrected chi connectivity index (χ0v) is 9.52. The summed E-state index contributed by atoms with van der Waals surface area (Å²) in [4.78, 5) is 4.28. The zero-order chi connectivity index (χ0) is 9.26. The van der Waals surface area contributed by atoms with Gasteiger partial charge in [-0.05, 0) is 24.6 Å². The lowest BCUT2D eigenvalue weighted by molar-refractivity contribution is 1.37. The molecule has 0 aliphatic rings. The average Bonchev–Trinajstić information content (AvgIpc) is 2.56. The summed E-state index contributed by atoms with van der Waals surface area (Å²) in [6.45, 7) is 2.10. The van der Waals surface area contributed by atoms with Crippen LogP contribution in [0.4, 0.5) is 0 Å². The third kappa shape index (κ3) is 1.81. The molecule has 1 heterocycles. The van der Waals surface area contributed by atoms with Crippen LogP contribution in [0.25, 0.3) is 10.6 Å². The first-order valence-corrected chi connectivity index (χ1v) is 5.60. The Morgan fingerprint density at radius 2 is 2.23 bits per heavy atom. The van der Waals surface area contributed by atoms with Crippen LogP contribution in [0.2, 0.25) is 0 Å². The van der Waals surface area contributed by atoms with Crippen molar-refractivity contribution in [2.45, 2.75) is 6.92 Å². The Balaban J connectivity index is 2.53. The van der Waals surface area contributed by atoms with E-state index in [-0.39, 0.29) is 0 Å². The average molecular weight is 254 g/mol. The van der Waals surface area contributed by atoms with Crippen molar-refractivity contribution in [3.05, 3.63) is 39.8 Å². The highest BCUT2D eigenvalue weighted by molar-refractivity contribution is 9.10. The summed E-state index contributed by atoms with van der Waals surface area (Å²) >= 11 is 5.11. The first kappa shape index (κ1) is 8.91.